The van der Waals surface area contributed by atoms with Crippen molar-refractivity contribution in [3.05, 3.63) is 28.2 Å². The maximum Gasteiger partial charge on any atom is 0.261 e. The number of aromatic nitrogens is 3. The van der Waals surface area contributed by atoms with Crippen LogP contribution in [0.5, 0.6) is 0 Å². The number of pyridine rings is 1. The van der Waals surface area contributed by atoms with Crippen LogP contribution in [0.1, 0.15) is 51.8 Å². The third-order valence-electron chi connectivity index (χ3n) is 3.44. The van der Waals surface area contributed by atoms with Crippen LogP contribution in [-0.4, -0.2) is 14.8 Å². The van der Waals surface area contributed by atoms with Crippen LogP contribution in [0.2, 0.25) is 0 Å². The number of hydrogen-bond donors (Lipinski definition) is 1. The van der Waals surface area contributed by atoms with Crippen molar-refractivity contribution in [3.8, 4) is 10.6 Å². The molecule has 6 heteroatoms. The van der Waals surface area contributed by atoms with Crippen molar-refractivity contribution in [2.24, 2.45) is 0 Å². The molecule has 5 nitrogen and oxygen atoms in total. The highest BCUT2D eigenvalue weighted by Crippen LogP contribution is 2.25. The number of hydrogen-bond acceptors (Lipinski definition) is 5. The zero-order valence-electron chi connectivity index (χ0n) is 12.3. The van der Waals surface area contributed by atoms with E-state index in [9.17, 15) is 4.79 Å². The first kappa shape index (κ1) is 14.7. The Hall–Kier alpha value is -1.69. The van der Waals surface area contributed by atoms with Gasteiger partial charge in [0.25, 0.3) is 5.56 Å². The Morgan fingerprint density at radius 3 is 2.50 bits per heavy atom. The van der Waals surface area contributed by atoms with Gasteiger partial charge in [-0.1, -0.05) is 32.1 Å². The van der Waals surface area contributed by atoms with Gasteiger partial charge in [0.15, 0.2) is 5.01 Å². The Morgan fingerprint density at radius 2 is 2.00 bits per heavy atom. The molecular weight excluding hydrogens is 272 g/mol. The Balaban J connectivity index is 2.66. The smallest absolute Gasteiger partial charge is 0.261 e. The molecule has 20 heavy (non-hydrogen) atoms. The molecule has 0 radical (unpaired) electrons. The predicted octanol–water partition coefficient (Wildman–Crippen LogP) is 3.04. The summed E-state index contributed by atoms with van der Waals surface area (Å²) in [7, 11) is 0. The second-order valence-electron chi connectivity index (χ2n) is 5.20. The van der Waals surface area contributed by atoms with Crippen LogP contribution in [0.25, 0.3) is 10.6 Å². The number of anilines is 1. The number of nitrogens with zero attached hydrogens (tertiary/aromatic N) is 3. The van der Waals surface area contributed by atoms with Crippen molar-refractivity contribution in [2.75, 3.05) is 5.73 Å². The molecule has 0 aromatic carbocycles. The highest BCUT2D eigenvalue weighted by atomic mass is 32.1. The Bertz CT molecular complexity index is 659. The van der Waals surface area contributed by atoms with Gasteiger partial charge in [0.1, 0.15) is 0 Å². The van der Waals surface area contributed by atoms with Crippen molar-refractivity contribution in [3.63, 3.8) is 0 Å². The van der Waals surface area contributed by atoms with Crippen LogP contribution in [0.15, 0.2) is 16.9 Å². The average Bonchev–Trinajstić information content (AvgIpc) is 2.83. The molecule has 2 N–H and O–H groups in total. The van der Waals surface area contributed by atoms with Gasteiger partial charge >= 0.3 is 0 Å². The summed E-state index contributed by atoms with van der Waals surface area (Å²) in [5, 5.41) is 8.72. The molecule has 0 bridgehead atoms. The molecule has 0 saturated heterocycles. The summed E-state index contributed by atoms with van der Waals surface area (Å²) in [5.41, 5.74) is 7.21. The molecule has 0 spiro atoms. The van der Waals surface area contributed by atoms with Crippen LogP contribution < -0.4 is 11.3 Å². The maximum atomic E-state index is 12.8. The molecule has 108 valence electrons. The molecule has 1 unspecified atom stereocenters. The van der Waals surface area contributed by atoms with Crippen LogP contribution in [0.3, 0.4) is 0 Å². The fourth-order valence-corrected chi connectivity index (χ4v) is 2.81. The summed E-state index contributed by atoms with van der Waals surface area (Å²) in [5.74, 6) is 0.297. The summed E-state index contributed by atoms with van der Waals surface area (Å²) >= 11 is 1.24. The van der Waals surface area contributed by atoms with Gasteiger partial charge in [0.2, 0.25) is 5.13 Å². The molecule has 0 fully saturated rings. The third-order valence-corrected chi connectivity index (χ3v) is 4.23. The fourth-order valence-electron chi connectivity index (χ4n) is 2.18. The molecule has 0 amide bonds. The molecule has 0 aliphatic carbocycles. The van der Waals surface area contributed by atoms with Crippen LogP contribution in [0.4, 0.5) is 5.13 Å². The van der Waals surface area contributed by atoms with E-state index in [-0.39, 0.29) is 11.6 Å². The number of nitrogen functional groups attached to an aromatic ring is 1. The standard InChI is InChI=1S/C14H20N4OS/c1-5-9(4)18-11(8(2)3)7-6-10(13(18)19)12-16-17-14(15)20-12/h6-9H,5H2,1-4H3,(H2,15,17). The van der Waals surface area contributed by atoms with Crippen LogP contribution in [0, 0.1) is 0 Å². The molecule has 1 atom stereocenters. The lowest BCUT2D eigenvalue weighted by molar-refractivity contribution is 0.485. The van der Waals surface area contributed by atoms with E-state index in [0.717, 1.165) is 12.1 Å². The van der Waals surface area contributed by atoms with Gasteiger partial charge in [0.05, 0.1) is 5.56 Å². The molecule has 2 aromatic heterocycles. The lowest BCUT2D eigenvalue weighted by Crippen LogP contribution is -2.28. The Kier molecular flexibility index (Phi) is 4.23. The normalized spacial score (nSPS) is 12.8. The quantitative estimate of drug-likeness (QED) is 0.940. The fraction of sp³-hybridized carbons (Fsp3) is 0.500. The largest absolute Gasteiger partial charge is 0.374 e. The van der Waals surface area contributed by atoms with Crippen LogP contribution >= 0.6 is 11.3 Å². The third kappa shape index (κ3) is 2.60. The van der Waals surface area contributed by atoms with Gasteiger partial charge < -0.3 is 10.3 Å². The summed E-state index contributed by atoms with van der Waals surface area (Å²) in [6, 6.07) is 3.99. The van der Waals surface area contributed by atoms with Gasteiger partial charge in [-0.05, 0) is 31.4 Å². The van der Waals surface area contributed by atoms with E-state index in [1.54, 1.807) is 0 Å². The second-order valence-corrected chi connectivity index (χ2v) is 6.21. The van der Waals surface area contributed by atoms with Crippen molar-refractivity contribution in [1.29, 1.82) is 0 Å². The average molecular weight is 292 g/mol. The van der Waals surface area contributed by atoms with E-state index in [2.05, 4.69) is 37.9 Å². The molecule has 0 aliphatic rings. The van der Waals surface area contributed by atoms with Gasteiger partial charge in [-0.2, -0.15) is 0 Å². The first-order valence-electron chi connectivity index (χ1n) is 6.80. The van der Waals surface area contributed by atoms with Crippen molar-refractivity contribution in [1.82, 2.24) is 14.8 Å². The van der Waals surface area contributed by atoms with Gasteiger partial charge in [0, 0.05) is 11.7 Å². The van der Waals surface area contributed by atoms with E-state index in [0.29, 0.717) is 21.6 Å². The first-order valence-corrected chi connectivity index (χ1v) is 7.62. The zero-order valence-corrected chi connectivity index (χ0v) is 13.1. The molecule has 0 aliphatic heterocycles. The van der Waals surface area contributed by atoms with Crippen molar-refractivity contribution < 1.29 is 0 Å². The maximum absolute atomic E-state index is 12.8. The minimum absolute atomic E-state index is 0.0123. The molecule has 2 aromatic rings. The minimum Gasteiger partial charge on any atom is -0.374 e. The van der Waals surface area contributed by atoms with E-state index in [1.807, 2.05) is 16.7 Å². The Labute approximate surface area is 122 Å². The summed E-state index contributed by atoms with van der Waals surface area (Å²) in [6.45, 7) is 8.33. The van der Waals surface area contributed by atoms with E-state index in [4.69, 9.17) is 5.73 Å². The van der Waals surface area contributed by atoms with Gasteiger partial charge in [-0.25, -0.2) is 0 Å². The minimum atomic E-state index is -0.0123. The van der Waals surface area contributed by atoms with Crippen molar-refractivity contribution >= 4 is 16.5 Å². The number of nitrogens with two attached hydrogens (primary N) is 1. The van der Waals surface area contributed by atoms with E-state index >= 15 is 0 Å². The molecule has 0 saturated carbocycles. The van der Waals surface area contributed by atoms with E-state index in [1.165, 1.54) is 11.3 Å². The van der Waals surface area contributed by atoms with Gasteiger partial charge in [-0.15, -0.1) is 10.2 Å². The molecule has 2 rings (SSSR count). The molecule has 2 heterocycles. The second kappa shape index (κ2) is 5.75. The predicted molar refractivity (Wildman–Crippen MR) is 83.1 cm³/mol. The summed E-state index contributed by atoms with van der Waals surface area (Å²) in [6.07, 6.45) is 0.904. The summed E-state index contributed by atoms with van der Waals surface area (Å²) in [4.78, 5) is 12.8. The lowest BCUT2D eigenvalue weighted by atomic mass is 10.1. The monoisotopic (exact) mass is 292 g/mol. The topological polar surface area (TPSA) is 73.8 Å². The first-order chi connectivity index (χ1) is 9.45. The van der Waals surface area contributed by atoms with Gasteiger partial charge in [-0.3, -0.25) is 4.79 Å². The summed E-state index contributed by atoms with van der Waals surface area (Å²) < 4.78 is 1.87. The Morgan fingerprint density at radius 1 is 1.30 bits per heavy atom. The number of rotatable bonds is 4. The SMILES string of the molecule is CCC(C)n1c(C(C)C)ccc(-c2nnc(N)s2)c1=O. The highest BCUT2D eigenvalue weighted by Gasteiger charge is 2.18. The zero-order chi connectivity index (χ0) is 14.9. The highest BCUT2D eigenvalue weighted by molar-refractivity contribution is 7.18. The lowest BCUT2D eigenvalue weighted by Gasteiger charge is -2.21. The molecular formula is C14H20N4OS. The van der Waals surface area contributed by atoms with E-state index < -0.39 is 0 Å². The van der Waals surface area contributed by atoms with Crippen LogP contribution in [-0.2, 0) is 0 Å². The van der Waals surface area contributed by atoms with Crippen molar-refractivity contribution in [2.45, 2.75) is 46.1 Å².